The van der Waals surface area contributed by atoms with Crippen molar-refractivity contribution in [2.75, 3.05) is 60.3 Å². The Kier molecular flexibility index (Phi) is 24.9. The number of unbranched alkanes of at least 4 members (excludes halogenated alkanes) is 2. The molecular weight excluding hydrogens is 901 g/mol. The summed E-state index contributed by atoms with van der Waals surface area (Å²) < 4.78 is 12.1. The molecule has 1 fully saturated rings. The Hall–Kier alpha value is -5.16. The quantitative estimate of drug-likeness (QED) is 0.0492. The van der Waals surface area contributed by atoms with Crippen molar-refractivity contribution in [1.82, 2.24) is 30.7 Å². The number of nitrogens with two attached hydrogens (primary N) is 1. The maximum atomic E-state index is 14.5. The van der Waals surface area contributed by atoms with Gasteiger partial charge in [-0.15, -0.1) is 0 Å². The lowest BCUT2D eigenvalue weighted by Gasteiger charge is -2.39. The average molecular weight is 989 g/mol. The molecule has 3 rings (SSSR count). The summed E-state index contributed by atoms with van der Waals surface area (Å²) in [4.78, 5) is 88.5. The first-order valence-corrected chi connectivity index (χ1v) is 25.6. The van der Waals surface area contributed by atoms with Crippen LogP contribution in [0.2, 0.25) is 0 Å². The van der Waals surface area contributed by atoms with E-state index in [2.05, 4.69) is 27.8 Å². The van der Waals surface area contributed by atoms with Gasteiger partial charge in [-0.25, -0.2) is 0 Å². The van der Waals surface area contributed by atoms with Crippen molar-refractivity contribution in [3.8, 4) is 0 Å². The summed E-state index contributed by atoms with van der Waals surface area (Å²) in [6.07, 6.45) is 4.02. The molecule has 16 nitrogen and oxygen atoms in total. The van der Waals surface area contributed by atoms with Crippen LogP contribution in [0, 0.1) is 17.8 Å². The van der Waals surface area contributed by atoms with Crippen molar-refractivity contribution in [3.05, 3.63) is 77.9 Å². The number of likely N-dealkylation sites (tertiary alicyclic amines) is 1. The summed E-state index contributed by atoms with van der Waals surface area (Å²) in [5.74, 6) is -2.55. The number of carbonyl (C=O) groups is 6. The molecule has 0 aliphatic carbocycles. The standard InChI is InChI=1S/C55H88N8O8/c1-14-38(6)49(62(11)53(68)47(36(2)3)59-52(67)48(37(4)5)61(9)10)44(70-12)34-46(65)63-33-21-24-43(63)50(71-13)39(7)51(66)60-55(8,35-41-22-17-15-18-23-41)54(69)57-32-30-40-26-28-42(29-27-40)58-45(64)25-19-16-20-31-56/h15,17-18,22-23,26-29,36-37,39,43-44,47-50H,6,14,16,19-21,24-25,30-35,56H2,1-5,7-13H3,(H,57,69)(H,58,64)(H,59,67)(H,60,66)/t39?,43?,44?,47-,48?,49?,50?,55?/m0/s1. The lowest BCUT2D eigenvalue weighted by Crippen LogP contribution is -2.61. The number of amides is 6. The number of hydrogen-bond acceptors (Lipinski definition) is 10. The van der Waals surface area contributed by atoms with Crippen molar-refractivity contribution in [3.63, 3.8) is 0 Å². The monoisotopic (exact) mass is 989 g/mol. The molecule has 0 bridgehead atoms. The Balaban J connectivity index is 1.76. The normalized spacial score (nSPS) is 17.1. The van der Waals surface area contributed by atoms with E-state index in [0.29, 0.717) is 63.0 Å². The lowest BCUT2D eigenvalue weighted by atomic mass is 9.89. The molecule has 71 heavy (non-hydrogen) atoms. The summed E-state index contributed by atoms with van der Waals surface area (Å²) in [6.45, 7) is 18.8. The van der Waals surface area contributed by atoms with Crippen LogP contribution in [0.25, 0.3) is 0 Å². The van der Waals surface area contributed by atoms with Crippen molar-refractivity contribution in [1.29, 1.82) is 0 Å². The molecule has 0 aromatic heterocycles. The zero-order chi connectivity index (χ0) is 53.0. The van der Waals surface area contributed by atoms with Crippen LogP contribution in [-0.2, 0) is 51.1 Å². The fourth-order valence-electron chi connectivity index (χ4n) is 9.81. The predicted molar refractivity (Wildman–Crippen MR) is 281 cm³/mol. The molecular formula is C55H88N8O8. The third-order valence-corrected chi connectivity index (χ3v) is 13.9. The van der Waals surface area contributed by atoms with E-state index in [1.165, 1.54) is 14.2 Å². The van der Waals surface area contributed by atoms with E-state index in [0.717, 1.165) is 30.4 Å². The molecule has 396 valence electrons. The van der Waals surface area contributed by atoms with Crippen molar-refractivity contribution in [2.24, 2.45) is 23.5 Å². The first-order valence-electron chi connectivity index (χ1n) is 25.6. The predicted octanol–water partition coefficient (Wildman–Crippen LogP) is 5.49. The molecule has 1 aliphatic heterocycles. The van der Waals surface area contributed by atoms with Crippen LogP contribution in [0.3, 0.4) is 0 Å². The molecule has 0 radical (unpaired) electrons. The number of ether oxygens (including phenoxy) is 2. The minimum Gasteiger partial charge on any atom is -0.378 e. The van der Waals surface area contributed by atoms with E-state index >= 15 is 0 Å². The second-order valence-electron chi connectivity index (χ2n) is 20.4. The Morgan fingerprint density at radius 3 is 2.08 bits per heavy atom. The average Bonchev–Trinajstić information content (AvgIpc) is 3.82. The van der Waals surface area contributed by atoms with Crippen LogP contribution in [0.15, 0.2) is 66.7 Å². The Morgan fingerprint density at radius 2 is 1.52 bits per heavy atom. The number of likely N-dealkylation sites (N-methyl/N-ethyl adjacent to an activating group) is 2. The highest BCUT2D eigenvalue weighted by Gasteiger charge is 2.44. The van der Waals surface area contributed by atoms with Gasteiger partial charge in [0.25, 0.3) is 0 Å². The Labute approximate surface area is 425 Å². The third kappa shape index (κ3) is 17.5. The molecule has 16 heteroatoms. The fourth-order valence-corrected chi connectivity index (χ4v) is 9.81. The summed E-state index contributed by atoms with van der Waals surface area (Å²) in [5.41, 5.74) is 7.45. The van der Waals surface area contributed by atoms with Gasteiger partial charge in [0.05, 0.1) is 42.7 Å². The maximum absolute atomic E-state index is 14.5. The zero-order valence-electron chi connectivity index (χ0n) is 45.0. The molecule has 6 amide bonds. The minimum atomic E-state index is -1.35. The van der Waals surface area contributed by atoms with Crippen molar-refractivity contribution >= 4 is 41.1 Å². The van der Waals surface area contributed by atoms with Crippen LogP contribution in [0.4, 0.5) is 5.69 Å². The van der Waals surface area contributed by atoms with Gasteiger partial charge in [0.2, 0.25) is 35.4 Å². The number of hydrogen-bond donors (Lipinski definition) is 5. The lowest BCUT2D eigenvalue weighted by molar-refractivity contribution is -0.146. The van der Waals surface area contributed by atoms with Crippen LogP contribution in [0.1, 0.15) is 111 Å². The van der Waals surface area contributed by atoms with Gasteiger partial charge in [0.1, 0.15) is 11.6 Å². The highest BCUT2D eigenvalue weighted by atomic mass is 16.5. The van der Waals surface area contributed by atoms with Crippen LogP contribution < -0.4 is 27.0 Å². The molecule has 2 aromatic carbocycles. The SMILES string of the molecule is C=C(CC)C(C(CC(=O)N1CCCC1C(OC)C(C)C(=O)NC(C)(Cc1ccccc1)C(=O)NCCc1ccc(NC(=O)CCCCCN)cc1)OC)N(C)C(=O)[C@@H](NC(=O)C(C(C)C)N(C)C)C(C)C. The number of benzene rings is 2. The van der Waals surface area contributed by atoms with Gasteiger partial charge in [0.15, 0.2) is 0 Å². The van der Waals surface area contributed by atoms with E-state index < -0.39 is 53.7 Å². The maximum Gasteiger partial charge on any atom is 0.245 e. The molecule has 2 aromatic rings. The second kappa shape index (κ2) is 29.4. The zero-order valence-corrected chi connectivity index (χ0v) is 45.0. The second-order valence-corrected chi connectivity index (χ2v) is 20.4. The van der Waals surface area contributed by atoms with Gasteiger partial charge in [-0.05, 0) is 101 Å². The molecule has 8 atom stereocenters. The van der Waals surface area contributed by atoms with Gasteiger partial charge in [-0.2, -0.15) is 0 Å². The Morgan fingerprint density at radius 1 is 0.859 bits per heavy atom. The van der Waals surface area contributed by atoms with Gasteiger partial charge in [-0.3, -0.25) is 33.7 Å². The molecule has 6 N–H and O–H groups in total. The van der Waals surface area contributed by atoms with Gasteiger partial charge in [-0.1, -0.05) is 103 Å². The molecule has 1 aliphatic rings. The number of carbonyl (C=O) groups excluding carboxylic acids is 6. The summed E-state index contributed by atoms with van der Waals surface area (Å²) in [5, 5.41) is 12.1. The van der Waals surface area contributed by atoms with Crippen molar-refractivity contribution < 1.29 is 38.2 Å². The smallest absolute Gasteiger partial charge is 0.245 e. The topological polar surface area (TPSA) is 205 Å². The molecule has 7 unspecified atom stereocenters. The van der Waals surface area contributed by atoms with Crippen molar-refractivity contribution in [2.45, 2.75) is 155 Å². The fraction of sp³-hybridized carbons (Fsp3) is 0.636. The van der Waals surface area contributed by atoms with Gasteiger partial charge >= 0.3 is 0 Å². The number of methoxy groups -OCH3 is 2. The number of nitrogens with zero attached hydrogens (tertiary/aromatic N) is 3. The summed E-state index contributed by atoms with van der Waals surface area (Å²) in [7, 11) is 8.39. The molecule has 0 saturated carbocycles. The number of anilines is 1. The van der Waals surface area contributed by atoms with Crippen LogP contribution in [0.5, 0.6) is 0 Å². The number of nitrogens with one attached hydrogen (secondary N) is 4. The highest BCUT2D eigenvalue weighted by Crippen LogP contribution is 2.30. The van der Waals surface area contributed by atoms with E-state index in [-0.39, 0.29) is 54.2 Å². The van der Waals surface area contributed by atoms with E-state index in [1.54, 1.807) is 30.7 Å². The van der Waals surface area contributed by atoms with E-state index in [1.807, 2.05) is 108 Å². The van der Waals surface area contributed by atoms with Gasteiger partial charge < -0.3 is 46.3 Å². The Bertz CT molecular complexity index is 2020. The number of rotatable bonds is 30. The van der Waals surface area contributed by atoms with E-state index in [4.69, 9.17) is 15.2 Å². The molecule has 1 saturated heterocycles. The minimum absolute atomic E-state index is 0.0102. The van der Waals surface area contributed by atoms with Crippen LogP contribution >= 0.6 is 0 Å². The molecule has 1 heterocycles. The first-order chi connectivity index (χ1) is 33.6. The summed E-state index contributed by atoms with van der Waals surface area (Å²) >= 11 is 0. The molecule has 0 spiro atoms. The highest BCUT2D eigenvalue weighted by molar-refractivity contribution is 5.93. The van der Waals surface area contributed by atoms with E-state index in [9.17, 15) is 28.8 Å². The summed E-state index contributed by atoms with van der Waals surface area (Å²) in [6, 6.07) is 14.6. The third-order valence-electron chi connectivity index (χ3n) is 13.9. The largest absolute Gasteiger partial charge is 0.378 e. The van der Waals surface area contributed by atoms with Gasteiger partial charge in [0, 0.05) is 52.9 Å². The van der Waals surface area contributed by atoms with Crippen LogP contribution in [-0.4, -0.2) is 147 Å². The first kappa shape index (κ1) is 60.1.